The molecule has 4 heteroatoms. The molecule has 1 aromatic rings. The zero-order valence-corrected chi connectivity index (χ0v) is 8.79. The second-order valence-corrected chi connectivity index (χ2v) is 3.86. The van der Waals surface area contributed by atoms with Gasteiger partial charge in [-0.3, -0.25) is 0 Å². The van der Waals surface area contributed by atoms with Crippen molar-refractivity contribution in [1.82, 2.24) is 9.97 Å². The van der Waals surface area contributed by atoms with Crippen molar-refractivity contribution in [1.29, 1.82) is 0 Å². The van der Waals surface area contributed by atoms with Crippen molar-refractivity contribution >= 4 is 12.7 Å². The van der Waals surface area contributed by atoms with Gasteiger partial charge in [0.25, 0.3) is 0 Å². The first kappa shape index (κ1) is 9.50. The normalized spacial score (nSPS) is 15.3. The topological polar surface area (TPSA) is 35.0 Å². The lowest BCUT2D eigenvalue weighted by Crippen LogP contribution is -2.19. The van der Waals surface area contributed by atoms with Crippen LogP contribution < -0.4 is 10.2 Å². The van der Waals surface area contributed by atoms with Crippen LogP contribution in [0.1, 0.15) is 18.7 Å². The molecule has 0 saturated heterocycles. The van der Waals surface area contributed by atoms with Gasteiger partial charge < -0.3 is 4.74 Å². The van der Waals surface area contributed by atoms with Crippen LogP contribution in [0.3, 0.4) is 0 Å². The summed E-state index contributed by atoms with van der Waals surface area (Å²) in [6.07, 6.45) is 4.49. The Morgan fingerprint density at radius 2 is 2.36 bits per heavy atom. The van der Waals surface area contributed by atoms with E-state index in [0.717, 1.165) is 37.0 Å². The van der Waals surface area contributed by atoms with Crippen molar-refractivity contribution in [3.8, 4) is 5.88 Å². The summed E-state index contributed by atoms with van der Waals surface area (Å²) in [7, 11) is 0.931. The molecular weight excluding hydrogens is 175 g/mol. The summed E-state index contributed by atoms with van der Waals surface area (Å²) in [6, 6.07) is 0. The molecule has 0 aliphatic heterocycles. The molecule has 1 aliphatic rings. The van der Waals surface area contributed by atoms with Gasteiger partial charge in [0, 0.05) is 6.20 Å². The Morgan fingerprint density at radius 3 is 3.00 bits per heavy atom. The largest absolute Gasteiger partial charge is 0.478 e. The first-order chi connectivity index (χ1) is 6.79. The fourth-order valence-corrected chi connectivity index (χ4v) is 1.32. The molecule has 1 saturated carbocycles. The summed E-state index contributed by atoms with van der Waals surface area (Å²) >= 11 is 0. The molecule has 0 atom stereocenters. The summed E-state index contributed by atoms with van der Waals surface area (Å²) in [4.78, 5) is 8.47. The first-order valence-corrected chi connectivity index (χ1v) is 5.25. The fraction of sp³-hybridized carbons (Fsp3) is 0.600. The van der Waals surface area contributed by atoms with Crippen LogP contribution in [-0.4, -0.2) is 23.9 Å². The Morgan fingerprint density at radius 1 is 1.57 bits per heavy atom. The van der Waals surface area contributed by atoms with Gasteiger partial charge >= 0.3 is 0 Å². The molecule has 1 heterocycles. The maximum Gasteiger partial charge on any atom is 0.210 e. The predicted octanol–water partition coefficient (Wildman–Crippen LogP) is 0.684. The van der Waals surface area contributed by atoms with Gasteiger partial charge in [0.2, 0.25) is 5.88 Å². The Balaban J connectivity index is 2.07. The average molecular weight is 190 g/mol. The Labute approximate surface area is 85.2 Å². The van der Waals surface area contributed by atoms with Gasteiger partial charge in [-0.2, -0.15) is 4.98 Å². The van der Waals surface area contributed by atoms with Crippen molar-refractivity contribution in [3.05, 3.63) is 12.0 Å². The van der Waals surface area contributed by atoms with Crippen molar-refractivity contribution in [2.24, 2.45) is 5.92 Å². The van der Waals surface area contributed by atoms with Crippen LogP contribution in [0, 0.1) is 12.8 Å². The van der Waals surface area contributed by atoms with E-state index in [9.17, 15) is 0 Å². The monoisotopic (exact) mass is 190 g/mol. The zero-order valence-electron chi connectivity index (χ0n) is 8.79. The molecule has 74 valence electrons. The van der Waals surface area contributed by atoms with E-state index in [0.29, 0.717) is 0 Å². The van der Waals surface area contributed by atoms with Crippen LogP contribution in [-0.2, 0) is 0 Å². The van der Waals surface area contributed by atoms with E-state index < -0.39 is 0 Å². The highest BCUT2D eigenvalue weighted by atomic mass is 16.5. The van der Waals surface area contributed by atoms with Gasteiger partial charge in [0.15, 0.2) is 7.28 Å². The Hall–Kier alpha value is -1.06. The fourth-order valence-electron chi connectivity index (χ4n) is 1.32. The standard InChI is InChI=1S/C10H15BN2O/c1-7-12-5-9(11-2)10(13-7)14-6-8-3-4-8/h5,8,11H,3-4,6H2,1-2H3. The Bertz CT molecular complexity index is 326. The van der Waals surface area contributed by atoms with Gasteiger partial charge in [0.1, 0.15) is 5.82 Å². The van der Waals surface area contributed by atoms with Crippen LogP contribution in [0.2, 0.25) is 6.82 Å². The lowest BCUT2D eigenvalue weighted by molar-refractivity contribution is 0.290. The van der Waals surface area contributed by atoms with E-state index in [1.54, 1.807) is 0 Å². The van der Waals surface area contributed by atoms with E-state index >= 15 is 0 Å². The zero-order chi connectivity index (χ0) is 9.97. The SMILES string of the molecule is CBc1cnc(C)nc1OCC1CC1. The van der Waals surface area contributed by atoms with E-state index in [1.807, 2.05) is 13.1 Å². The predicted molar refractivity (Wildman–Crippen MR) is 57.6 cm³/mol. The minimum absolute atomic E-state index is 0.773. The molecule has 2 rings (SSSR count). The van der Waals surface area contributed by atoms with Gasteiger partial charge in [-0.05, 0) is 31.1 Å². The van der Waals surface area contributed by atoms with Crippen LogP contribution >= 0.6 is 0 Å². The maximum absolute atomic E-state index is 5.68. The third-order valence-electron chi connectivity index (χ3n) is 2.48. The van der Waals surface area contributed by atoms with Gasteiger partial charge in [0.05, 0.1) is 6.61 Å². The summed E-state index contributed by atoms with van der Waals surface area (Å²) < 4.78 is 5.68. The highest BCUT2D eigenvalue weighted by molar-refractivity contribution is 6.52. The number of aromatic nitrogens is 2. The highest BCUT2D eigenvalue weighted by Gasteiger charge is 2.22. The lowest BCUT2D eigenvalue weighted by Gasteiger charge is -2.08. The number of ether oxygens (including phenoxy) is 1. The van der Waals surface area contributed by atoms with Crippen LogP contribution in [0.15, 0.2) is 6.20 Å². The van der Waals surface area contributed by atoms with Gasteiger partial charge in [-0.25, -0.2) is 4.98 Å². The Kier molecular flexibility index (Phi) is 2.70. The number of nitrogens with zero attached hydrogens (tertiary/aromatic N) is 2. The quantitative estimate of drug-likeness (QED) is 0.655. The van der Waals surface area contributed by atoms with Crippen molar-refractivity contribution in [2.45, 2.75) is 26.6 Å². The van der Waals surface area contributed by atoms with Gasteiger partial charge in [-0.1, -0.05) is 6.82 Å². The minimum atomic E-state index is 0.773. The van der Waals surface area contributed by atoms with Crippen LogP contribution in [0.5, 0.6) is 5.88 Å². The summed E-state index contributed by atoms with van der Waals surface area (Å²) in [6.45, 7) is 4.81. The minimum Gasteiger partial charge on any atom is -0.478 e. The van der Waals surface area contributed by atoms with Crippen LogP contribution in [0.4, 0.5) is 0 Å². The van der Waals surface area contributed by atoms with E-state index in [2.05, 4.69) is 16.8 Å². The maximum atomic E-state index is 5.68. The summed E-state index contributed by atoms with van der Waals surface area (Å²) in [5, 5.41) is 0. The second-order valence-electron chi connectivity index (χ2n) is 3.86. The molecule has 1 aliphatic carbocycles. The molecule has 1 aromatic heterocycles. The average Bonchev–Trinajstić information content (AvgIpc) is 2.98. The van der Waals surface area contributed by atoms with Crippen molar-refractivity contribution < 1.29 is 4.74 Å². The van der Waals surface area contributed by atoms with E-state index in [4.69, 9.17) is 4.74 Å². The third-order valence-corrected chi connectivity index (χ3v) is 2.48. The molecule has 3 nitrogen and oxygen atoms in total. The second kappa shape index (κ2) is 3.99. The van der Waals surface area contributed by atoms with Gasteiger partial charge in [-0.15, -0.1) is 0 Å². The molecule has 0 amide bonds. The summed E-state index contributed by atoms with van der Waals surface area (Å²) in [5.74, 6) is 2.34. The van der Waals surface area contributed by atoms with E-state index in [1.165, 1.54) is 12.8 Å². The number of rotatable bonds is 4. The van der Waals surface area contributed by atoms with E-state index in [-0.39, 0.29) is 0 Å². The molecular formula is C10H15BN2O. The number of hydrogen-bond acceptors (Lipinski definition) is 3. The third kappa shape index (κ3) is 2.25. The molecule has 1 fully saturated rings. The molecule has 0 aromatic carbocycles. The van der Waals surface area contributed by atoms with Crippen LogP contribution in [0.25, 0.3) is 0 Å². The first-order valence-electron chi connectivity index (χ1n) is 5.25. The lowest BCUT2D eigenvalue weighted by atomic mass is 9.74. The molecule has 0 radical (unpaired) electrons. The smallest absolute Gasteiger partial charge is 0.210 e. The highest BCUT2D eigenvalue weighted by Crippen LogP contribution is 2.28. The van der Waals surface area contributed by atoms with Crippen molar-refractivity contribution in [2.75, 3.05) is 6.61 Å². The number of aryl methyl sites for hydroxylation is 1. The molecule has 0 bridgehead atoms. The molecule has 0 N–H and O–H groups in total. The molecule has 14 heavy (non-hydrogen) atoms. The molecule has 0 unspecified atom stereocenters. The van der Waals surface area contributed by atoms with Crippen molar-refractivity contribution in [3.63, 3.8) is 0 Å². The summed E-state index contributed by atoms with van der Waals surface area (Å²) in [5.41, 5.74) is 1.11. The number of hydrogen-bond donors (Lipinski definition) is 0. The molecule has 0 spiro atoms.